The van der Waals surface area contributed by atoms with E-state index in [0.717, 1.165) is 29.4 Å². The number of rotatable bonds is 8. The fourth-order valence-corrected chi connectivity index (χ4v) is 2.92. The molecular weight excluding hydrogens is 374 g/mol. The summed E-state index contributed by atoms with van der Waals surface area (Å²) < 4.78 is 12.4. The molecule has 0 aliphatic rings. The highest BCUT2D eigenvalue weighted by atomic mass is 16.5. The summed E-state index contributed by atoms with van der Waals surface area (Å²) in [4.78, 5) is 27.4. The standard InChI is InChI=1S/C21H23N3O5/c1-3-4-9-29-21(27)23-16-7-8-17-18(11-16)24(13-22-17)12-15-6-5-14(20(25)26)10-19(15)28-2/h5-8,10-11,13H,3-4,9,12H2,1-2H3,(H,23,27)(H,25,26). The van der Waals surface area contributed by atoms with Gasteiger partial charge in [0.05, 0.1) is 43.2 Å². The van der Waals surface area contributed by atoms with Gasteiger partial charge in [-0.05, 0) is 36.8 Å². The third-order valence-corrected chi connectivity index (χ3v) is 4.47. The molecule has 29 heavy (non-hydrogen) atoms. The summed E-state index contributed by atoms with van der Waals surface area (Å²) in [5, 5.41) is 11.9. The Kier molecular flexibility index (Phi) is 6.33. The molecule has 0 saturated heterocycles. The van der Waals surface area contributed by atoms with Crippen LogP contribution in [0.1, 0.15) is 35.7 Å². The Hall–Kier alpha value is -3.55. The number of unbranched alkanes of at least 4 members (excludes halogenated alkanes) is 1. The quantitative estimate of drug-likeness (QED) is 0.554. The molecule has 0 aliphatic heterocycles. The summed E-state index contributed by atoms with van der Waals surface area (Å²) in [5.74, 6) is -0.523. The van der Waals surface area contributed by atoms with Crippen LogP contribution in [-0.4, -0.2) is 40.4 Å². The zero-order valence-electron chi connectivity index (χ0n) is 16.3. The van der Waals surface area contributed by atoms with Crippen molar-refractivity contribution in [2.45, 2.75) is 26.3 Å². The molecule has 8 nitrogen and oxygen atoms in total. The summed E-state index contributed by atoms with van der Waals surface area (Å²) in [6.07, 6.45) is 2.98. The maximum atomic E-state index is 11.9. The van der Waals surface area contributed by atoms with Crippen LogP contribution < -0.4 is 10.1 Å². The molecule has 3 rings (SSSR count). The highest BCUT2D eigenvalue weighted by Gasteiger charge is 2.12. The second-order valence-electron chi connectivity index (χ2n) is 6.52. The minimum Gasteiger partial charge on any atom is -0.496 e. The van der Waals surface area contributed by atoms with Crippen molar-refractivity contribution in [2.24, 2.45) is 0 Å². The fraction of sp³-hybridized carbons (Fsp3) is 0.286. The van der Waals surface area contributed by atoms with Crippen LogP contribution >= 0.6 is 0 Å². The third-order valence-electron chi connectivity index (χ3n) is 4.47. The number of ether oxygens (including phenoxy) is 2. The van der Waals surface area contributed by atoms with Crippen LogP contribution in [0.2, 0.25) is 0 Å². The van der Waals surface area contributed by atoms with E-state index in [0.29, 0.717) is 24.6 Å². The van der Waals surface area contributed by atoms with Crippen LogP contribution in [0, 0.1) is 0 Å². The van der Waals surface area contributed by atoms with Crippen LogP contribution in [0.3, 0.4) is 0 Å². The first-order valence-electron chi connectivity index (χ1n) is 9.30. The van der Waals surface area contributed by atoms with Gasteiger partial charge in [0.15, 0.2) is 0 Å². The van der Waals surface area contributed by atoms with Gasteiger partial charge < -0.3 is 19.1 Å². The van der Waals surface area contributed by atoms with E-state index in [-0.39, 0.29) is 5.56 Å². The van der Waals surface area contributed by atoms with Crippen LogP contribution in [0.15, 0.2) is 42.7 Å². The van der Waals surface area contributed by atoms with Gasteiger partial charge in [-0.3, -0.25) is 5.32 Å². The molecule has 8 heteroatoms. The van der Waals surface area contributed by atoms with E-state index in [4.69, 9.17) is 14.6 Å². The first-order chi connectivity index (χ1) is 14.0. The molecule has 0 spiro atoms. The summed E-state index contributed by atoms with van der Waals surface area (Å²) in [5.41, 5.74) is 3.17. The molecule has 1 heterocycles. The lowest BCUT2D eigenvalue weighted by Crippen LogP contribution is -2.14. The van der Waals surface area contributed by atoms with Crippen LogP contribution in [-0.2, 0) is 11.3 Å². The molecule has 0 saturated carbocycles. The number of carboxylic acid groups (broad SMARTS) is 1. The Morgan fingerprint density at radius 2 is 2.03 bits per heavy atom. The number of imidazole rings is 1. The molecule has 0 fully saturated rings. The van der Waals surface area contributed by atoms with E-state index >= 15 is 0 Å². The number of anilines is 1. The van der Waals surface area contributed by atoms with Crippen molar-refractivity contribution in [2.75, 3.05) is 19.0 Å². The first-order valence-corrected chi connectivity index (χ1v) is 9.30. The molecule has 0 radical (unpaired) electrons. The number of methoxy groups -OCH3 is 1. The number of hydrogen-bond acceptors (Lipinski definition) is 5. The molecule has 2 aromatic carbocycles. The van der Waals surface area contributed by atoms with E-state index in [2.05, 4.69) is 10.3 Å². The smallest absolute Gasteiger partial charge is 0.411 e. The number of nitrogens with zero attached hydrogens (tertiary/aromatic N) is 2. The van der Waals surface area contributed by atoms with Crippen LogP contribution in [0.25, 0.3) is 11.0 Å². The monoisotopic (exact) mass is 397 g/mol. The minimum atomic E-state index is -1.01. The lowest BCUT2D eigenvalue weighted by atomic mass is 10.1. The second-order valence-corrected chi connectivity index (χ2v) is 6.52. The van der Waals surface area contributed by atoms with Crippen LogP contribution in [0.5, 0.6) is 5.75 Å². The van der Waals surface area contributed by atoms with E-state index in [1.165, 1.54) is 13.2 Å². The molecular formula is C21H23N3O5. The van der Waals surface area contributed by atoms with Crippen LogP contribution in [0.4, 0.5) is 10.5 Å². The topological polar surface area (TPSA) is 103 Å². The average molecular weight is 397 g/mol. The zero-order chi connectivity index (χ0) is 20.8. The van der Waals surface area contributed by atoms with Gasteiger partial charge in [0.2, 0.25) is 0 Å². The van der Waals surface area contributed by atoms with E-state index in [1.807, 2.05) is 23.6 Å². The lowest BCUT2D eigenvalue weighted by molar-refractivity contribution is 0.0696. The molecule has 0 atom stereocenters. The average Bonchev–Trinajstić information content (AvgIpc) is 3.10. The predicted octanol–water partition coefficient (Wildman–Crippen LogP) is 4.14. The number of carbonyl (C=O) groups is 2. The summed E-state index contributed by atoms with van der Waals surface area (Å²) in [7, 11) is 1.50. The van der Waals surface area contributed by atoms with Crippen molar-refractivity contribution in [3.05, 3.63) is 53.9 Å². The highest BCUT2D eigenvalue weighted by molar-refractivity contribution is 5.89. The Morgan fingerprint density at radius 1 is 1.21 bits per heavy atom. The number of carboxylic acids is 1. The van der Waals surface area contributed by atoms with Crippen molar-refractivity contribution in [1.82, 2.24) is 9.55 Å². The Balaban J connectivity index is 1.82. The summed E-state index contributed by atoms with van der Waals surface area (Å²) in [6, 6.07) is 10.2. The normalized spacial score (nSPS) is 10.7. The highest BCUT2D eigenvalue weighted by Crippen LogP contribution is 2.24. The van der Waals surface area contributed by atoms with Crippen molar-refractivity contribution in [1.29, 1.82) is 0 Å². The second kappa shape index (κ2) is 9.09. The van der Waals surface area contributed by atoms with E-state index in [1.54, 1.807) is 24.5 Å². The Labute approximate surface area is 168 Å². The predicted molar refractivity (Wildman–Crippen MR) is 109 cm³/mol. The first kappa shape index (κ1) is 20.2. The zero-order valence-corrected chi connectivity index (χ0v) is 16.3. The molecule has 0 bridgehead atoms. The van der Waals surface area contributed by atoms with Gasteiger partial charge in [-0.25, -0.2) is 14.6 Å². The molecule has 152 valence electrons. The van der Waals surface area contributed by atoms with Gasteiger partial charge >= 0.3 is 12.1 Å². The summed E-state index contributed by atoms with van der Waals surface area (Å²) >= 11 is 0. The summed E-state index contributed by atoms with van der Waals surface area (Å²) in [6.45, 7) is 2.85. The Morgan fingerprint density at radius 3 is 2.76 bits per heavy atom. The number of hydrogen-bond donors (Lipinski definition) is 2. The number of carbonyl (C=O) groups excluding carboxylic acids is 1. The molecule has 1 aromatic heterocycles. The number of nitrogens with one attached hydrogen (secondary N) is 1. The van der Waals surface area contributed by atoms with E-state index in [9.17, 15) is 9.59 Å². The maximum Gasteiger partial charge on any atom is 0.411 e. The molecule has 2 N–H and O–H groups in total. The van der Waals surface area contributed by atoms with Gasteiger partial charge in [0.25, 0.3) is 0 Å². The maximum absolute atomic E-state index is 11.9. The fourth-order valence-electron chi connectivity index (χ4n) is 2.92. The van der Waals surface area contributed by atoms with Gasteiger partial charge in [-0.1, -0.05) is 19.4 Å². The number of benzene rings is 2. The Bertz CT molecular complexity index is 1030. The van der Waals surface area contributed by atoms with Crippen molar-refractivity contribution in [3.8, 4) is 5.75 Å². The van der Waals surface area contributed by atoms with Gasteiger partial charge in [0, 0.05) is 11.3 Å². The SMILES string of the molecule is CCCCOC(=O)Nc1ccc2ncn(Cc3ccc(C(=O)O)cc3OC)c2c1. The van der Waals surface area contributed by atoms with Crippen molar-refractivity contribution < 1.29 is 24.2 Å². The number of aromatic nitrogens is 2. The lowest BCUT2D eigenvalue weighted by Gasteiger charge is -2.11. The number of fused-ring (bicyclic) bond motifs is 1. The van der Waals surface area contributed by atoms with Crippen molar-refractivity contribution in [3.63, 3.8) is 0 Å². The van der Waals surface area contributed by atoms with Gasteiger partial charge in [-0.15, -0.1) is 0 Å². The number of amides is 1. The largest absolute Gasteiger partial charge is 0.496 e. The molecule has 0 aliphatic carbocycles. The molecule has 3 aromatic rings. The minimum absolute atomic E-state index is 0.161. The molecule has 0 unspecified atom stereocenters. The number of aromatic carboxylic acids is 1. The van der Waals surface area contributed by atoms with Gasteiger partial charge in [-0.2, -0.15) is 0 Å². The molecule has 1 amide bonds. The van der Waals surface area contributed by atoms with E-state index < -0.39 is 12.1 Å². The van der Waals surface area contributed by atoms with Crippen molar-refractivity contribution >= 4 is 28.8 Å². The third kappa shape index (κ3) is 4.84. The van der Waals surface area contributed by atoms with Gasteiger partial charge in [0.1, 0.15) is 5.75 Å².